The fraction of sp³-hybridized carbons (Fsp3) is 0.133. The normalized spacial score (nSPS) is 10.1. The molecule has 1 aromatic carbocycles. The molecule has 0 spiro atoms. The van der Waals surface area contributed by atoms with Crippen LogP contribution in [-0.4, -0.2) is 30.9 Å². The predicted octanol–water partition coefficient (Wildman–Crippen LogP) is 1.47. The molecule has 0 bridgehead atoms. The van der Waals surface area contributed by atoms with E-state index in [1.807, 2.05) is 0 Å². The van der Waals surface area contributed by atoms with Crippen molar-refractivity contribution < 1.29 is 32.3 Å². The number of ether oxygens (including phenoxy) is 1. The molecule has 0 saturated carbocycles. The molecule has 0 atom stereocenters. The molecule has 0 fully saturated rings. The van der Waals surface area contributed by atoms with Gasteiger partial charge >= 0.3 is 5.97 Å². The highest BCUT2D eigenvalue weighted by Gasteiger charge is 2.13. The van der Waals surface area contributed by atoms with E-state index in [-0.39, 0.29) is 11.4 Å². The van der Waals surface area contributed by atoms with E-state index in [2.05, 4.69) is 15.4 Å². The molecule has 0 aliphatic heterocycles. The Morgan fingerprint density at radius 1 is 1.08 bits per heavy atom. The molecule has 126 valence electrons. The van der Waals surface area contributed by atoms with Crippen molar-refractivity contribution in [2.24, 2.45) is 0 Å². The summed E-state index contributed by atoms with van der Waals surface area (Å²) in [6.07, 6.45) is 1.28. The zero-order chi connectivity index (χ0) is 17.5. The molecule has 9 heteroatoms. The predicted molar refractivity (Wildman–Crippen MR) is 77.0 cm³/mol. The molecule has 2 aromatic rings. The van der Waals surface area contributed by atoms with Crippen molar-refractivity contribution in [2.75, 3.05) is 18.5 Å². The van der Waals surface area contributed by atoms with E-state index >= 15 is 0 Å². The van der Waals surface area contributed by atoms with Crippen molar-refractivity contribution in [3.63, 3.8) is 0 Å². The van der Waals surface area contributed by atoms with Crippen LogP contribution in [0.3, 0.4) is 0 Å². The smallest absolute Gasteiger partial charge is 0.374 e. The van der Waals surface area contributed by atoms with Crippen LogP contribution in [0.15, 0.2) is 41.0 Å². The first-order chi connectivity index (χ1) is 11.5. The summed E-state index contributed by atoms with van der Waals surface area (Å²) in [7, 11) is 0. The monoisotopic (exact) mass is 338 g/mol. The number of carbonyl (C=O) groups excluding carboxylic acids is 3. The molecule has 0 aliphatic rings. The Bertz CT molecular complexity index is 746. The molecule has 2 rings (SSSR count). The summed E-state index contributed by atoms with van der Waals surface area (Å²) in [5.41, 5.74) is 0.0393. The average Bonchev–Trinajstić information content (AvgIpc) is 3.08. The molecular formula is C15H12F2N2O5. The third-order valence-electron chi connectivity index (χ3n) is 2.71. The van der Waals surface area contributed by atoms with Crippen molar-refractivity contribution >= 4 is 23.5 Å². The number of carbonyl (C=O) groups is 3. The quantitative estimate of drug-likeness (QED) is 0.778. The number of halogens is 2. The maximum atomic E-state index is 13.0. The lowest BCUT2D eigenvalue weighted by Gasteiger charge is -2.07. The standard InChI is InChI=1S/C15H12F2N2O5/c16-10-4-3-9(6-11(10)17)19-13(20)7-18-14(21)8-24-15(22)12-2-1-5-23-12/h1-6H,7-8H2,(H,18,21)(H,19,20). The van der Waals surface area contributed by atoms with Gasteiger partial charge in [-0.15, -0.1) is 0 Å². The molecule has 24 heavy (non-hydrogen) atoms. The fourth-order valence-electron chi connectivity index (χ4n) is 1.61. The second-order valence-corrected chi connectivity index (χ2v) is 4.51. The summed E-state index contributed by atoms with van der Waals surface area (Å²) in [6.45, 7) is -1.03. The number of amides is 2. The van der Waals surface area contributed by atoms with Crippen molar-refractivity contribution in [1.82, 2.24) is 5.32 Å². The SMILES string of the molecule is O=C(COC(=O)c1ccco1)NCC(=O)Nc1ccc(F)c(F)c1. The van der Waals surface area contributed by atoms with Gasteiger partial charge in [-0.25, -0.2) is 13.6 Å². The Hall–Kier alpha value is -3.23. The van der Waals surface area contributed by atoms with Gasteiger partial charge in [0.1, 0.15) is 0 Å². The number of hydrogen-bond acceptors (Lipinski definition) is 5. The van der Waals surface area contributed by atoms with Crippen LogP contribution in [0.4, 0.5) is 14.5 Å². The van der Waals surface area contributed by atoms with E-state index in [1.54, 1.807) is 0 Å². The van der Waals surface area contributed by atoms with Crippen LogP contribution >= 0.6 is 0 Å². The van der Waals surface area contributed by atoms with Crippen molar-refractivity contribution in [1.29, 1.82) is 0 Å². The van der Waals surface area contributed by atoms with Gasteiger partial charge < -0.3 is 19.8 Å². The van der Waals surface area contributed by atoms with Crippen LogP contribution in [0.5, 0.6) is 0 Å². The Morgan fingerprint density at radius 2 is 1.88 bits per heavy atom. The summed E-state index contributed by atoms with van der Waals surface area (Å²) < 4.78 is 35.2. The van der Waals surface area contributed by atoms with Crippen LogP contribution < -0.4 is 10.6 Å². The van der Waals surface area contributed by atoms with Crippen LogP contribution in [0.25, 0.3) is 0 Å². The maximum absolute atomic E-state index is 13.0. The molecule has 0 unspecified atom stereocenters. The van der Waals surface area contributed by atoms with Gasteiger partial charge in [0.2, 0.25) is 11.7 Å². The molecule has 2 amide bonds. The Kier molecular flexibility index (Phi) is 5.61. The summed E-state index contributed by atoms with van der Waals surface area (Å²) in [5.74, 6) is -4.40. The molecule has 0 radical (unpaired) electrons. The first-order valence-corrected chi connectivity index (χ1v) is 6.68. The maximum Gasteiger partial charge on any atom is 0.374 e. The largest absolute Gasteiger partial charge is 0.457 e. The van der Waals surface area contributed by atoms with Gasteiger partial charge in [0.15, 0.2) is 18.2 Å². The lowest BCUT2D eigenvalue weighted by atomic mass is 10.3. The summed E-state index contributed by atoms with van der Waals surface area (Å²) in [5, 5.41) is 4.47. The highest BCUT2D eigenvalue weighted by Crippen LogP contribution is 2.12. The fourth-order valence-corrected chi connectivity index (χ4v) is 1.61. The summed E-state index contributed by atoms with van der Waals surface area (Å²) in [6, 6.07) is 5.69. The van der Waals surface area contributed by atoms with E-state index in [1.165, 1.54) is 24.5 Å². The number of anilines is 1. The van der Waals surface area contributed by atoms with Crippen LogP contribution in [0, 0.1) is 11.6 Å². The van der Waals surface area contributed by atoms with Gasteiger partial charge in [0.25, 0.3) is 5.91 Å². The van der Waals surface area contributed by atoms with E-state index in [0.29, 0.717) is 0 Å². The summed E-state index contributed by atoms with van der Waals surface area (Å²) >= 11 is 0. The van der Waals surface area contributed by atoms with E-state index in [4.69, 9.17) is 4.42 Å². The van der Waals surface area contributed by atoms with E-state index in [0.717, 1.165) is 12.1 Å². The number of benzene rings is 1. The average molecular weight is 338 g/mol. The van der Waals surface area contributed by atoms with Gasteiger partial charge in [-0.3, -0.25) is 9.59 Å². The van der Waals surface area contributed by atoms with E-state index < -0.39 is 42.6 Å². The zero-order valence-corrected chi connectivity index (χ0v) is 12.2. The van der Waals surface area contributed by atoms with Gasteiger partial charge in [-0.05, 0) is 24.3 Å². The number of furan rings is 1. The summed E-state index contributed by atoms with van der Waals surface area (Å²) in [4.78, 5) is 34.4. The first kappa shape index (κ1) is 17.1. The Labute approximate surface area is 134 Å². The third-order valence-corrected chi connectivity index (χ3v) is 2.71. The molecule has 1 heterocycles. The molecule has 1 aromatic heterocycles. The number of esters is 1. The van der Waals surface area contributed by atoms with Crippen molar-refractivity contribution in [2.45, 2.75) is 0 Å². The van der Waals surface area contributed by atoms with Crippen molar-refractivity contribution in [3.8, 4) is 0 Å². The molecule has 2 N–H and O–H groups in total. The Balaban J connectivity index is 1.72. The lowest BCUT2D eigenvalue weighted by Crippen LogP contribution is -2.35. The van der Waals surface area contributed by atoms with Crippen LogP contribution in [-0.2, 0) is 14.3 Å². The first-order valence-electron chi connectivity index (χ1n) is 6.68. The highest BCUT2D eigenvalue weighted by molar-refractivity contribution is 5.95. The molecule has 0 saturated heterocycles. The minimum atomic E-state index is -1.11. The third kappa shape index (κ3) is 4.90. The number of nitrogens with one attached hydrogen (secondary N) is 2. The highest BCUT2D eigenvalue weighted by atomic mass is 19.2. The van der Waals surface area contributed by atoms with Crippen LogP contribution in [0.2, 0.25) is 0 Å². The van der Waals surface area contributed by atoms with Crippen molar-refractivity contribution in [3.05, 3.63) is 54.0 Å². The topological polar surface area (TPSA) is 97.6 Å². The number of hydrogen-bond donors (Lipinski definition) is 2. The minimum absolute atomic E-state index is 0.0393. The van der Waals surface area contributed by atoms with Gasteiger partial charge in [-0.1, -0.05) is 0 Å². The van der Waals surface area contributed by atoms with E-state index in [9.17, 15) is 23.2 Å². The van der Waals surface area contributed by atoms with Gasteiger partial charge in [-0.2, -0.15) is 0 Å². The lowest BCUT2D eigenvalue weighted by molar-refractivity contribution is -0.126. The molecule has 0 aliphatic carbocycles. The number of rotatable bonds is 6. The zero-order valence-electron chi connectivity index (χ0n) is 12.2. The Morgan fingerprint density at radius 3 is 2.54 bits per heavy atom. The minimum Gasteiger partial charge on any atom is -0.457 e. The van der Waals surface area contributed by atoms with Gasteiger partial charge in [0, 0.05) is 11.8 Å². The molecule has 7 nitrogen and oxygen atoms in total. The second-order valence-electron chi connectivity index (χ2n) is 4.51. The second kappa shape index (κ2) is 7.86. The van der Waals surface area contributed by atoms with Crippen LogP contribution in [0.1, 0.15) is 10.6 Å². The van der Waals surface area contributed by atoms with Gasteiger partial charge in [0.05, 0.1) is 12.8 Å². The molecular weight excluding hydrogens is 326 g/mol.